The molecular weight excluding hydrogens is 781 g/mol. The average molecular weight is 821 g/mol. The van der Waals surface area contributed by atoms with Crippen LogP contribution in [-0.2, 0) is 14.3 Å². The number of amidine groups is 1. The number of amides is 1. The molecule has 2 saturated heterocycles. The Labute approximate surface area is 325 Å². The van der Waals surface area contributed by atoms with Gasteiger partial charge in [0.05, 0.1) is 57.4 Å². The van der Waals surface area contributed by atoms with Crippen molar-refractivity contribution < 1.29 is 34.7 Å². The van der Waals surface area contributed by atoms with E-state index in [2.05, 4.69) is 40.9 Å². The first-order chi connectivity index (χ1) is 25.8. The minimum absolute atomic E-state index is 0.127. The van der Waals surface area contributed by atoms with Crippen LogP contribution in [0.2, 0.25) is 0 Å². The number of rotatable bonds is 7. The van der Waals surface area contributed by atoms with E-state index >= 15 is 0 Å². The zero-order valence-electron chi connectivity index (χ0n) is 30.0. The molecule has 8 rings (SSSR count). The van der Waals surface area contributed by atoms with Gasteiger partial charge in [-0.25, -0.2) is 19.9 Å². The first-order valence-corrected chi connectivity index (χ1v) is 21.6. The molecule has 0 bridgehead atoms. The maximum Gasteiger partial charge on any atom is 0.290 e. The number of hydrogen-bond donors (Lipinski definition) is 7. The third-order valence-electron chi connectivity index (χ3n) is 10.1. The molecule has 0 saturated carbocycles. The van der Waals surface area contributed by atoms with Crippen LogP contribution in [-0.4, -0.2) is 139 Å². The van der Waals surface area contributed by atoms with Crippen LogP contribution in [0.1, 0.15) is 26.3 Å². The Morgan fingerprint density at radius 2 is 1.50 bits per heavy atom. The van der Waals surface area contributed by atoms with Crippen LogP contribution in [0.15, 0.2) is 33.5 Å². The summed E-state index contributed by atoms with van der Waals surface area (Å²) in [4.78, 5) is 46.0. The lowest BCUT2D eigenvalue weighted by Crippen LogP contribution is -2.41. The van der Waals surface area contributed by atoms with E-state index in [9.17, 15) is 30.0 Å². The normalized spacial score (nSPS) is 30.0. The van der Waals surface area contributed by atoms with Gasteiger partial charge < -0.3 is 55.0 Å². The third-order valence-corrected chi connectivity index (χ3v) is 13.9. The van der Waals surface area contributed by atoms with Gasteiger partial charge in [-0.2, -0.15) is 28.5 Å². The average Bonchev–Trinajstić information content (AvgIpc) is 3.80. The van der Waals surface area contributed by atoms with Crippen LogP contribution in [0.25, 0.3) is 21.9 Å². The largest absolute Gasteiger partial charge is 0.394 e. The molecular formula is C32H40N10O8S4. The molecule has 0 spiro atoms. The third kappa shape index (κ3) is 6.33. The van der Waals surface area contributed by atoms with Crippen molar-refractivity contribution in [1.29, 1.82) is 0 Å². The Morgan fingerprint density at radius 1 is 0.852 bits per heavy atom. The number of nitrogens with zero attached hydrogens (tertiary/aromatic N) is 7. The monoisotopic (exact) mass is 820 g/mol. The highest BCUT2D eigenvalue weighted by atomic mass is 32.2. The second kappa shape index (κ2) is 15.0. The number of nitrogens with one attached hydrogen (secondary N) is 3. The first-order valence-electron chi connectivity index (χ1n) is 16.7. The number of aliphatic hydroxyl groups excluding tert-OH is 4. The maximum absolute atomic E-state index is 12.1. The van der Waals surface area contributed by atoms with Crippen molar-refractivity contribution >= 4 is 103 Å². The lowest BCUT2D eigenvalue weighted by Gasteiger charge is -2.32. The van der Waals surface area contributed by atoms with Gasteiger partial charge in [0.15, 0.2) is 34.2 Å². The molecule has 54 heavy (non-hydrogen) atoms. The van der Waals surface area contributed by atoms with Gasteiger partial charge in [-0.15, -0.1) is 0 Å². The summed E-state index contributed by atoms with van der Waals surface area (Å²) in [6.07, 6.45) is 7.93. The minimum Gasteiger partial charge on any atom is -0.394 e. The smallest absolute Gasteiger partial charge is 0.290 e. The predicted octanol–water partition coefficient (Wildman–Crippen LogP) is 1.83. The van der Waals surface area contributed by atoms with Gasteiger partial charge in [0.1, 0.15) is 36.1 Å². The number of thioether (sulfide) groups is 4. The molecule has 4 aliphatic heterocycles. The molecule has 0 radical (unpaired) electrons. The second-order valence-electron chi connectivity index (χ2n) is 13.1. The Kier molecular flexibility index (Phi) is 10.9. The van der Waals surface area contributed by atoms with Crippen molar-refractivity contribution in [2.45, 2.75) is 65.4 Å². The number of hydrogen-bond acceptors (Lipinski definition) is 19. The van der Waals surface area contributed by atoms with Crippen LogP contribution in [0.4, 0.5) is 23.1 Å². The number of ether oxygens (including phenoxy) is 2. The molecule has 18 nitrogen and oxygen atoms in total. The molecule has 8 atom stereocenters. The number of carbonyl (C=O) groups excluding carboxylic acids is 1. The number of aromatic nitrogens is 6. The van der Waals surface area contributed by atoms with Gasteiger partial charge in [-0.3, -0.25) is 9.59 Å². The fourth-order valence-electron chi connectivity index (χ4n) is 7.02. The van der Waals surface area contributed by atoms with E-state index in [4.69, 9.17) is 9.47 Å². The van der Waals surface area contributed by atoms with Crippen molar-refractivity contribution in [3.8, 4) is 0 Å². The molecule has 290 valence electrons. The Morgan fingerprint density at radius 3 is 2.09 bits per heavy atom. The highest BCUT2D eigenvalue weighted by Crippen LogP contribution is 2.51. The number of aliphatic hydroxyl groups is 4. The predicted molar refractivity (Wildman–Crippen MR) is 212 cm³/mol. The molecule has 4 aliphatic rings. The topological polar surface area (TPSA) is 243 Å². The molecule has 8 heterocycles. The SMILES string of the molecule is CSC1=Nc2c3c(nc(=O)cnc3cn2C2O[C@H](CO)[C@@H](O)[C@@]2(C)SC)N1.CSc1nc2c3c(cn(C4O[C@H](CO)[C@@H](O)[C@@]4(C)SC)c3n1)NC(=O)CN2. The van der Waals surface area contributed by atoms with Gasteiger partial charge in [-0.05, 0) is 38.9 Å². The van der Waals surface area contributed by atoms with E-state index < -0.39 is 51.9 Å². The summed E-state index contributed by atoms with van der Waals surface area (Å²) in [6, 6.07) is 0. The van der Waals surface area contributed by atoms with Gasteiger partial charge >= 0.3 is 0 Å². The van der Waals surface area contributed by atoms with Gasteiger partial charge in [-0.1, -0.05) is 23.5 Å². The number of aliphatic imine (C=N–C) groups is 1. The van der Waals surface area contributed by atoms with E-state index in [0.29, 0.717) is 55.4 Å². The number of carbonyl (C=O) groups is 1. The Balaban J connectivity index is 0.000000167. The highest BCUT2D eigenvalue weighted by Gasteiger charge is 2.55. The summed E-state index contributed by atoms with van der Waals surface area (Å²) >= 11 is 5.72. The van der Waals surface area contributed by atoms with Crippen molar-refractivity contribution in [3.63, 3.8) is 0 Å². The van der Waals surface area contributed by atoms with Crippen LogP contribution in [0.3, 0.4) is 0 Å². The second-order valence-corrected chi connectivity index (χ2v) is 17.3. The lowest BCUT2D eigenvalue weighted by atomic mass is 10.0. The zero-order valence-corrected chi connectivity index (χ0v) is 33.3. The van der Waals surface area contributed by atoms with Crippen LogP contribution < -0.4 is 21.5 Å². The zero-order chi connectivity index (χ0) is 38.7. The highest BCUT2D eigenvalue weighted by molar-refractivity contribution is 8.13. The summed E-state index contributed by atoms with van der Waals surface area (Å²) in [5.41, 5.74) is 1.29. The summed E-state index contributed by atoms with van der Waals surface area (Å²) < 4.78 is 14.2. The first kappa shape index (κ1) is 39.1. The standard InChI is InChI=1S/C16H21N5O4S2.C16H19N5O4S2/c1-16(27-3)11(24)8(6-22)25-14(16)21-5-7-10-12(17-4-9(23)18-7)19-15(26-2)20-13(10)21;1-16(27-3)11(24)8(6-22)25-14(16)21-5-7-10-12(18-9(23)4-17-7)19-15(26-2)20-13(10)21/h5,8,11,14,22,24H,4,6H2,1-3H3,(H,18,23)(H,17,19,20);4-5,8,11,14,22,24H,6H2,1-3H3,(H,18,19,20,23)/t2*8-,11-,14?,16-/m11/s1. The fourth-order valence-corrected chi connectivity index (χ4v) is 9.29. The molecule has 4 aromatic rings. The summed E-state index contributed by atoms with van der Waals surface area (Å²) in [6.45, 7) is 3.35. The Bertz CT molecular complexity index is 2210. The maximum atomic E-state index is 12.1. The van der Waals surface area contributed by atoms with E-state index in [-0.39, 0.29) is 25.7 Å². The molecule has 7 N–H and O–H groups in total. The van der Waals surface area contributed by atoms with Gasteiger partial charge in [0, 0.05) is 12.4 Å². The van der Waals surface area contributed by atoms with Crippen molar-refractivity contribution in [2.75, 3.05) is 60.7 Å². The van der Waals surface area contributed by atoms with E-state index in [0.717, 1.165) is 0 Å². The minimum atomic E-state index is -0.860. The lowest BCUT2D eigenvalue weighted by molar-refractivity contribution is -0.114. The van der Waals surface area contributed by atoms with E-state index in [1.54, 1.807) is 17.0 Å². The number of anilines is 3. The molecule has 0 aromatic carbocycles. The van der Waals surface area contributed by atoms with Crippen molar-refractivity contribution in [2.24, 2.45) is 4.99 Å². The van der Waals surface area contributed by atoms with Crippen LogP contribution in [0, 0.1) is 0 Å². The van der Waals surface area contributed by atoms with E-state index in [1.165, 1.54) is 53.2 Å². The molecule has 1 amide bonds. The molecule has 4 aromatic heterocycles. The molecule has 22 heteroatoms. The summed E-state index contributed by atoms with van der Waals surface area (Å²) in [5, 5.41) is 52.0. The quantitative estimate of drug-likeness (QED) is 0.104. The summed E-state index contributed by atoms with van der Waals surface area (Å²) in [5.74, 6) is 1.35. The van der Waals surface area contributed by atoms with E-state index in [1.807, 2.05) is 43.4 Å². The Hall–Kier alpha value is -3.19. The van der Waals surface area contributed by atoms with Crippen molar-refractivity contribution in [1.82, 2.24) is 29.1 Å². The summed E-state index contributed by atoms with van der Waals surface area (Å²) in [7, 11) is 0. The molecule has 0 aliphatic carbocycles. The molecule has 2 unspecified atom stereocenters. The van der Waals surface area contributed by atoms with Gasteiger partial charge in [0.25, 0.3) is 5.56 Å². The molecule has 2 fully saturated rings. The van der Waals surface area contributed by atoms with Crippen molar-refractivity contribution in [3.05, 3.63) is 28.9 Å². The fraction of sp³-hybridized carbons (Fsp3) is 0.531. The van der Waals surface area contributed by atoms with Crippen LogP contribution in [0.5, 0.6) is 0 Å². The van der Waals surface area contributed by atoms with Crippen LogP contribution >= 0.6 is 47.0 Å². The van der Waals surface area contributed by atoms with Gasteiger partial charge in [0.2, 0.25) is 5.91 Å².